The number of nitriles is 1. The van der Waals surface area contributed by atoms with E-state index in [0.29, 0.717) is 23.0 Å². The predicted octanol–water partition coefficient (Wildman–Crippen LogP) is 6.03. The molecule has 1 fully saturated rings. The van der Waals surface area contributed by atoms with Gasteiger partial charge in [-0.1, -0.05) is 32.9 Å². The molecule has 2 aliphatic heterocycles. The van der Waals surface area contributed by atoms with E-state index in [1.54, 1.807) is 6.20 Å². The molecule has 0 bridgehead atoms. The Kier molecular flexibility index (Phi) is 10.9. The van der Waals surface area contributed by atoms with Gasteiger partial charge in [0.2, 0.25) is 0 Å². The van der Waals surface area contributed by atoms with Gasteiger partial charge in [0, 0.05) is 12.1 Å². The fraction of sp³-hybridized carbons (Fsp3) is 0.633. The van der Waals surface area contributed by atoms with Gasteiger partial charge in [-0.2, -0.15) is 10.2 Å². The zero-order valence-corrected chi connectivity index (χ0v) is 29.0. The number of aliphatic hydroxyl groups is 1. The standard InChI is InChI=1S/C30H46N5O7PSi/c1-19(2)35(20(3)4)43(38-16-12-15-31)41-25-24(18-36)40-28(26(25)42-44(8,9)30(5,6)7)34-17-23-27(33-29(34)37)32-21-13-10-11-14-22(21)39-23/h10-11,13-14,17,19-20,24-26,28,36H,12,16,18H2,1-9H3,(H,32,33,37)/t24-,25+,26?,28-,43?/m1/s1. The van der Waals surface area contributed by atoms with Gasteiger partial charge in [-0.3, -0.25) is 4.57 Å². The maximum absolute atomic E-state index is 13.6. The first-order valence-corrected chi connectivity index (χ1v) is 19.1. The van der Waals surface area contributed by atoms with Gasteiger partial charge in [0.15, 0.2) is 31.9 Å². The Morgan fingerprint density at radius 3 is 2.48 bits per heavy atom. The molecule has 3 heterocycles. The molecule has 2 aliphatic rings. The number of ether oxygens (including phenoxy) is 2. The van der Waals surface area contributed by atoms with Crippen LogP contribution in [0.3, 0.4) is 0 Å². The molecule has 0 spiro atoms. The van der Waals surface area contributed by atoms with Crippen LogP contribution in [-0.4, -0.2) is 71.3 Å². The van der Waals surface area contributed by atoms with Crippen LogP contribution in [0.2, 0.25) is 18.1 Å². The van der Waals surface area contributed by atoms with E-state index in [4.69, 9.17) is 22.9 Å². The van der Waals surface area contributed by atoms with Crippen LogP contribution in [0.15, 0.2) is 35.3 Å². The van der Waals surface area contributed by atoms with Gasteiger partial charge in [0.25, 0.3) is 8.53 Å². The molecule has 2 N–H and O–H groups in total. The highest BCUT2D eigenvalue weighted by Gasteiger charge is 2.53. The molecule has 12 nitrogen and oxygen atoms in total. The highest BCUT2D eigenvalue weighted by Crippen LogP contribution is 2.52. The van der Waals surface area contributed by atoms with Crippen molar-refractivity contribution >= 4 is 28.3 Å². The third-order valence-corrected chi connectivity index (χ3v) is 14.7. The number of aromatic nitrogens is 2. The van der Waals surface area contributed by atoms with E-state index in [9.17, 15) is 15.2 Å². The van der Waals surface area contributed by atoms with E-state index >= 15 is 0 Å². The number of hydrogen-bond donors (Lipinski definition) is 2. The number of nitrogens with one attached hydrogen (secondary N) is 1. The second kappa shape index (κ2) is 13.9. The first kappa shape index (κ1) is 34.5. The van der Waals surface area contributed by atoms with Gasteiger partial charge >= 0.3 is 5.69 Å². The molecule has 0 aliphatic carbocycles. The monoisotopic (exact) mass is 647 g/mol. The van der Waals surface area contributed by atoms with Crippen LogP contribution in [-0.2, 0) is 18.2 Å². The van der Waals surface area contributed by atoms with Crippen LogP contribution in [0.4, 0.5) is 11.5 Å². The molecule has 242 valence electrons. The summed E-state index contributed by atoms with van der Waals surface area (Å²) in [5, 5.41) is 22.7. The van der Waals surface area contributed by atoms with Crippen molar-refractivity contribution in [2.45, 2.75) is 110 Å². The minimum absolute atomic E-state index is 0.0636. The largest absolute Gasteiger partial charge is 0.450 e. The quantitative estimate of drug-likeness (QED) is 0.135. The third-order valence-electron chi connectivity index (χ3n) is 8.13. The number of benzene rings is 1. The van der Waals surface area contributed by atoms with Crippen LogP contribution in [0, 0.1) is 11.3 Å². The second-order valence-electron chi connectivity index (χ2n) is 13.1. The van der Waals surface area contributed by atoms with E-state index in [1.165, 1.54) is 4.57 Å². The van der Waals surface area contributed by atoms with Crippen molar-refractivity contribution in [3.63, 3.8) is 0 Å². The van der Waals surface area contributed by atoms with E-state index in [1.807, 2.05) is 24.3 Å². The topological polar surface area (TPSA) is 140 Å². The first-order valence-electron chi connectivity index (χ1n) is 15.0. The summed E-state index contributed by atoms with van der Waals surface area (Å²) in [5.74, 6) is 1.26. The fourth-order valence-corrected chi connectivity index (χ4v) is 8.00. The number of rotatable bonds is 12. The summed E-state index contributed by atoms with van der Waals surface area (Å²) in [5.41, 5.74) is 0.142. The predicted molar refractivity (Wildman–Crippen MR) is 171 cm³/mol. The number of nitrogens with zero attached hydrogens (tertiary/aromatic N) is 4. The summed E-state index contributed by atoms with van der Waals surface area (Å²) >= 11 is 0. The molecule has 1 aromatic carbocycles. The maximum atomic E-state index is 13.6. The van der Waals surface area contributed by atoms with Crippen LogP contribution >= 0.6 is 8.53 Å². The van der Waals surface area contributed by atoms with Crippen LogP contribution in [0.1, 0.15) is 61.1 Å². The zero-order chi connectivity index (χ0) is 32.4. The lowest BCUT2D eigenvalue weighted by molar-refractivity contribution is -0.0530. The van der Waals surface area contributed by atoms with Crippen molar-refractivity contribution < 1.29 is 28.1 Å². The van der Waals surface area contributed by atoms with E-state index in [-0.39, 0.29) is 36.8 Å². The fourth-order valence-electron chi connectivity index (χ4n) is 4.95. The molecule has 5 atom stereocenters. The average molecular weight is 648 g/mol. The van der Waals surface area contributed by atoms with Gasteiger partial charge < -0.3 is 33.4 Å². The Morgan fingerprint density at radius 1 is 1.18 bits per heavy atom. The zero-order valence-electron chi connectivity index (χ0n) is 27.1. The second-order valence-corrected chi connectivity index (χ2v) is 19.2. The number of para-hydroxylation sites is 2. The smallest absolute Gasteiger partial charge is 0.351 e. The molecule has 0 amide bonds. The lowest BCUT2D eigenvalue weighted by atomic mass is 10.1. The Bertz CT molecular complexity index is 1390. The van der Waals surface area contributed by atoms with Crippen LogP contribution in [0.5, 0.6) is 11.5 Å². The van der Waals surface area contributed by atoms with Crippen molar-refractivity contribution in [2.24, 2.45) is 0 Å². The highest BCUT2D eigenvalue weighted by molar-refractivity contribution is 7.44. The minimum Gasteiger partial charge on any atom is -0.450 e. The number of aliphatic hydroxyl groups excluding tert-OH is 1. The summed E-state index contributed by atoms with van der Waals surface area (Å²) < 4.78 is 35.9. The van der Waals surface area contributed by atoms with E-state index < -0.39 is 47.1 Å². The molecule has 1 saturated heterocycles. The van der Waals surface area contributed by atoms with E-state index in [0.717, 1.165) is 0 Å². The number of hydrogen-bond acceptors (Lipinski definition) is 11. The van der Waals surface area contributed by atoms with Crippen molar-refractivity contribution in [2.75, 3.05) is 18.5 Å². The van der Waals surface area contributed by atoms with Crippen molar-refractivity contribution in [1.29, 1.82) is 5.26 Å². The van der Waals surface area contributed by atoms with Gasteiger partial charge in [-0.05, 0) is 58.0 Å². The molecule has 0 radical (unpaired) electrons. The lowest BCUT2D eigenvalue weighted by Crippen LogP contribution is -2.50. The summed E-state index contributed by atoms with van der Waals surface area (Å²) in [6.07, 6.45) is -1.62. The molecule has 44 heavy (non-hydrogen) atoms. The molecular formula is C30H46N5O7PSi. The summed E-state index contributed by atoms with van der Waals surface area (Å²) in [4.78, 5) is 17.8. The lowest BCUT2D eigenvalue weighted by Gasteiger charge is -2.42. The van der Waals surface area contributed by atoms with Crippen LogP contribution < -0.4 is 15.7 Å². The van der Waals surface area contributed by atoms with E-state index in [2.05, 4.69) is 82.6 Å². The number of fused-ring (bicyclic) bond motifs is 2. The van der Waals surface area contributed by atoms with Crippen molar-refractivity contribution in [1.82, 2.24) is 14.2 Å². The molecule has 1 aromatic heterocycles. The summed E-state index contributed by atoms with van der Waals surface area (Å²) in [6, 6.07) is 9.65. The maximum Gasteiger partial charge on any atom is 0.351 e. The Labute approximate surface area is 262 Å². The Morgan fingerprint density at radius 2 is 1.86 bits per heavy atom. The normalized spacial score (nSPS) is 22.4. The van der Waals surface area contributed by atoms with Gasteiger partial charge in [-0.15, -0.1) is 0 Å². The van der Waals surface area contributed by atoms with Gasteiger partial charge in [-0.25, -0.2) is 9.46 Å². The Hall–Kier alpha value is -2.40. The molecule has 2 aromatic rings. The van der Waals surface area contributed by atoms with Gasteiger partial charge in [0.05, 0.1) is 37.6 Å². The van der Waals surface area contributed by atoms with Crippen LogP contribution in [0.25, 0.3) is 0 Å². The SMILES string of the molecule is CC(C)N(C(C)C)P(OCCC#N)O[C@@H]1C(O[Si](C)(C)C(C)(C)C)[C@H](n2cc3c(nc2=O)Nc2ccccc2O3)O[C@@H]1CO. The highest BCUT2D eigenvalue weighted by atomic mass is 31.2. The molecule has 2 unspecified atom stereocenters. The Balaban J connectivity index is 1.77. The average Bonchev–Trinajstić information content (AvgIpc) is 3.26. The number of anilines is 2. The molecule has 4 rings (SSSR count). The molecular weight excluding hydrogens is 601 g/mol. The molecule has 0 saturated carbocycles. The van der Waals surface area contributed by atoms with Crippen molar-refractivity contribution in [3.8, 4) is 17.6 Å². The third kappa shape index (κ3) is 7.35. The first-order chi connectivity index (χ1) is 20.7. The molecule has 14 heteroatoms. The summed E-state index contributed by atoms with van der Waals surface area (Å²) in [6.45, 7) is 18.6. The van der Waals surface area contributed by atoms with Crippen molar-refractivity contribution in [3.05, 3.63) is 40.9 Å². The minimum atomic E-state index is -2.49. The summed E-state index contributed by atoms with van der Waals surface area (Å²) in [7, 11) is -4.18. The van der Waals surface area contributed by atoms with Gasteiger partial charge in [0.1, 0.15) is 18.3 Å².